The predicted octanol–water partition coefficient (Wildman–Crippen LogP) is 4.47. The summed E-state index contributed by atoms with van der Waals surface area (Å²) < 4.78 is 24.2. The fourth-order valence-corrected chi connectivity index (χ4v) is 8.87. The SMILES string of the molecule is Cn1cc(-c2ccc(N(C(=O)NCc3ccc(OCCOCCOCCNC(=O)COc4cccc5c4C(=O)N(C4CCC(=O)NC4=O)C5=O)cc3)[C@H]3CC[C@H](Nc4ccc(C#N)cn4)CC3)cc2)ccc1=O. The minimum absolute atomic E-state index is 0.00292. The van der Waals surface area contributed by atoms with Crippen molar-refractivity contribution in [2.24, 2.45) is 7.05 Å². The van der Waals surface area contributed by atoms with E-state index in [1.165, 1.54) is 28.8 Å². The van der Waals surface area contributed by atoms with E-state index in [9.17, 15) is 33.6 Å². The number of urea groups is 1. The lowest BCUT2D eigenvalue weighted by Crippen LogP contribution is -2.54. The molecule has 20 heteroatoms. The van der Waals surface area contributed by atoms with Crippen LogP contribution in [-0.4, -0.2) is 114 Å². The van der Waals surface area contributed by atoms with E-state index in [4.69, 9.17) is 24.2 Å². The molecule has 2 aromatic heterocycles. The number of hydrogen-bond donors (Lipinski definition) is 4. The Morgan fingerprint density at radius 3 is 2.25 bits per heavy atom. The van der Waals surface area contributed by atoms with Gasteiger partial charge in [0.2, 0.25) is 17.4 Å². The number of amides is 7. The molecule has 1 atom stereocenters. The van der Waals surface area contributed by atoms with Gasteiger partial charge in [0.25, 0.3) is 17.7 Å². The lowest BCUT2D eigenvalue weighted by atomic mass is 9.89. The standard InChI is InChI=1S/C53H55N9O11/c1-60-32-37(10-22-48(60)65)36-8-13-39(14-9-36)61(40-15-11-38(12-16-40)58-45-20-7-35(29-54)31-56-45)53(69)57-30-34-5-17-41(18-6-34)72-28-27-71-26-25-70-24-23-55-47(64)33-73-44-4-2-3-42-49(44)52(68)62(51(42)67)43-19-21-46(63)59-50(43)66/h2-10,13-14,17-18,20,22,31-32,38,40,43H,11-12,15-16,19,21,23-28,30,33H2,1H3,(H,55,64)(H,56,58)(H,57,69)(H,59,63,66)/t38-,40-,43?. The molecule has 1 saturated heterocycles. The molecule has 0 radical (unpaired) electrons. The van der Waals surface area contributed by atoms with Crippen molar-refractivity contribution in [1.82, 2.24) is 30.4 Å². The van der Waals surface area contributed by atoms with Gasteiger partial charge in [-0.3, -0.25) is 43.9 Å². The number of pyridine rings is 2. The number of ether oxygens (including phenoxy) is 4. The monoisotopic (exact) mass is 993 g/mol. The number of nitriles is 1. The normalized spacial score (nSPS) is 17.3. The van der Waals surface area contributed by atoms with Crippen LogP contribution in [0, 0.1) is 11.3 Å². The second-order valence-electron chi connectivity index (χ2n) is 17.6. The molecule has 4 N–H and O–H groups in total. The number of aromatic nitrogens is 2. The summed E-state index contributed by atoms with van der Waals surface area (Å²) in [5, 5.41) is 20.5. The van der Waals surface area contributed by atoms with Crippen molar-refractivity contribution in [2.75, 3.05) is 56.4 Å². The number of aryl methyl sites for hydroxylation is 1. The fourth-order valence-electron chi connectivity index (χ4n) is 8.87. The van der Waals surface area contributed by atoms with Gasteiger partial charge in [-0.25, -0.2) is 9.78 Å². The molecule has 3 aromatic carbocycles. The van der Waals surface area contributed by atoms with E-state index >= 15 is 0 Å². The summed E-state index contributed by atoms with van der Waals surface area (Å²) in [5.41, 5.74) is 3.88. The average Bonchev–Trinajstić information content (AvgIpc) is 3.66. The molecule has 0 spiro atoms. The zero-order chi connectivity index (χ0) is 51.3. The van der Waals surface area contributed by atoms with Crippen molar-refractivity contribution < 1.29 is 47.7 Å². The van der Waals surface area contributed by atoms with Crippen molar-refractivity contribution in [3.8, 4) is 28.7 Å². The Bertz CT molecular complexity index is 2910. The Morgan fingerprint density at radius 1 is 0.795 bits per heavy atom. The Morgan fingerprint density at radius 2 is 1.53 bits per heavy atom. The number of carbonyl (C=O) groups is 6. The van der Waals surface area contributed by atoms with Crippen LogP contribution < -0.4 is 41.2 Å². The molecule has 2 fully saturated rings. The summed E-state index contributed by atoms with van der Waals surface area (Å²) in [4.78, 5) is 95.8. The smallest absolute Gasteiger partial charge is 0.322 e. The molecule has 5 aromatic rings. The lowest BCUT2D eigenvalue weighted by Gasteiger charge is -2.37. The molecule has 3 aliphatic rings. The molecule has 2 aliphatic heterocycles. The zero-order valence-corrected chi connectivity index (χ0v) is 40.2. The third-order valence-electron chi connectivity index (χ3n) is 12.7. The fraction of sp³-hybridized carbons (Fsp3) is 0.340. The Labute approximate surface area is 420 Å². The number of carbonyl (C=O) groups excluding carboxylic acids is 6. The largest absolute Gasteiger partial charge is 0.491 e. The summed E-state index contributed by atoms with van der Waals surface area (Å²) in [7, 11) is 1.71. The lowest BCUT2D eigenvalue weighted by molar-refractivity contribution is -0.136. The molecule has 4 heterocycles. The number of imide groups is 2. The molecule has 73 heavy (non-hydrogen) atoms. The third-order valence-corrected chi connectivity index (χ3v) is 12.7. The van der Waals surface area contributed by atoms with Crippen molar-refractivity contribution in [1.29, 1.82) is 5.26 Å². The Kier molecular flexibility index (Phi) is 16.9. The van der Waals surface area contributed by atoms with Crippen LogP contribution in [-0.2, 0) is 37.4 Å². The molecule has 0 bridgehead atoms. The first kappa shape index (κ1) is 51.0. The first-order valence-electron chi connectivity index (χ1n) is 24.0. The second kappa shape index (κ2) is 24.1. The molecule has 1 aliphatic carbocycles. The van der Waals surface area contributed by atoms with Gasteiger partial charge in [-0.15, -0.1) is 0 Å². The van der Waals surface area contributed by atoms with Crippen molar-refractivity contribution >= 4 is 47.1 Å². The number of anilines is 2. The number of nitrogens with one attached hydrogen (secondary N) is 4. The van der Waals surface area contributed by atoms with Gasteiger partial charge < -0.3 is 39.5 Å². The van der Waals surface area contributed by atoms with Crippen LogP contribution in [0.2, 0.25) is 0 Å². The minimum Gasteiger partial charge on any atom is -0.491 e. The van der Waals surface area contributed by atoms with Gasteiger partial charge in [-0.2, -0.15) is 5.26 Å². The second-order valence-corrected chi connectivity index (χ2v) is 17.6. The summed E-state index contributed by atoms with van der Waals surface area (Å²) in [6.45, 7) is 1.43. The highest BCUT2D eigenvalue weighted by atomic mass is 16.5. The number of nitrogens with zero attached hydrogens (tertiary/aromatic N) is 5. The number of benzene rings is 3. The predicted molar refractivity (Wildman–Crippen MR) is 266 cm³/mol. The highest BCUT2D eigenvalue weighted by Crippen LogP contribution is 2.34. The van der Waals surface area contributed by atoms with Gasteiger partial charge in [0.15, 0.2) is 6.61 Å². The van der Waals surface area contributed by atoms with E-state index in [0.29, 0.717) is 43.5 Å². The molecular weight excluding hydrogens is 939 g/mol. The van der Waals surface area contributed by atoms with Gasteiger partial charge in [0.05, 0.1) is 43.1 Å². The topological polar surface area (TPSA) is 253 Å². The molecule has 8 rings (SSSR count). The van der Waals surface area contributed by atoms with Crippen LogP contribution in [0.3, 0.4) is 0 Å². The molecule has 7 amide bonds. The minimum atomic E-state index is -1.12. The van der Waals surface area contributed by atoms with Crippen LogP contribution in [0.5, 0.6) is 11.5 Å². The van der Waals surface area contributed by atoms with E-state index in [2.05, 4.69) is 32.3 Å². The van der Waals surface area contributed by atoms with Crippen LogP contribution in [0.4, 0.5) is 16.3 Å². The van der Waals surface area contributed by atoms with Gasteiger partial charge in [-0.05, 0) is 103 Å². The summed E-state index contributed by atoms with van der Waals surface area (Å²) in [5.74, 6) is -1.69. The maximum absolute atomic E-state index is 14.1. The summed E-state index contributed by atoms with van der Waals surface area (Å²) in [6.07, 6.45) is 6.53. The van der Waals surface area contributed by atoms with Crippen molar-refractivity contribution in [3.63, 3.8) is 0 Å². The molecule has 1 saturated carbocycles. The molecular formula is C53H55N9O11. The van der Waals surface area contributed by atoms with Gasteiger partial charge >= 0.3 is 6.03 Å². The van der Waals surface area contributed by atoms with Crippen molar-refractivity contribution in [3.05, 3.63) is 136 Å². The van der Waals surface area contributed by atoms with E-state index in [1.54, 1.807) is 31.6 Å². The average molecular weight is 994 g/mol. The van der Waals surface area contributed by atoms with Crippen LogP contribution in [0.25, 0.3) is 11.1 Å². The van der Waals surface area contributed by atoms with Gasteiger partial charge in [-0.1, -0.05) is 30.3 Å². The maximum Gasteiger partial charge on any atom is 0.322 e. The van der Waals surface area contributed by atoms with Gasteiger partial charge in [0, 0.05) is 62.8 Å². The first-order valence-corrected chi connectivity index (χ1v) is 24.0. The Hall–Kier alpha value is -8.41. The van der Waals surface area contributed by atoms with Crippen LogP contribution in [0.1, 0.15) is 70.4 Å². The summed E-state index contributed by atoms with van der Waals surface area (Å²) in [6, 6.07) is 27.4. The molecule has 378 valence electrons. The van der Waals surface area contributed by atoms with Crippen LogP contribution >= 0.6 is 0 Å². The van der Waals surface area contributed by atoms with E-state index in [0.717, 1.165) is 53.0 Å². The van der Waals surface area contributed by atoms with Gasteiger partial charge in [0.1, 0.15) is 36.0 Å². The van der Waals surface area contributed by atoms with Crippen LogP contribution in [0.15, 0.2) is 108 Å². The maximum atomic E-state index is 14.1. The molecule has 1 unspecified atom stereocenters. The Balaban J connectivity index is 0.724. The number of fused-ring (bicyclic) bond motifs is 1. The number of rotatable bonds is 21. The quantitative estimate of drug-likeness (QED) is 0.0585. The van der Waals surface area contributed by atoms with Crippen molar-refractivity contribution in [2.45, 2.75) is 63.2 Å². The zero-order valence-electron chi connectivity index (χ0n) is 40.2. The third kappa shape index (κ3) is 12.9. The molecule has 20 nitrogen and oxygen atoms in total. The number of hydrogen-bond acceptors (Lipinski definition) is 14. The highest BCUT2D eigenvalue weighted by molar-refractivity contribution is 6.24. The number of piperidine rings is 1. The van der Waals surface area contributed by atoms with E-state index < -0.39 is 42.2 Å². The van der Waals surface area contributed by atoms with E-state index in [1.807, 2.05) is 59.5 Å². The van der Waals surface area contributed by atoms with E-state index in [-0.39, 0.29) is 73.2 Å². The highest BCUT2D eigenvalue weighted by Gasteiger charge is 2.46. The first-order chi connectivity index (χ1) is 35.4. The summed E-state index contributed by atoms with van der Waals surface area (Å²) >= 11 is 0.